The van der Waals surface area contributed by atoms with Crippen LogP contribution in [0.2, 0.25) is 0 Å². The van der Waals surface area contributed by atoms with Crippen molar-refractivity contribution in [3.8, 4) is 0 Å². The Labute approximate surface area is 49.8 Å². The van der Waals surface area contributed by atoms with Crippen LogP contribution in [0.4, 0.5) is 0 Å². The van der Waals surface area contributed by atoms with Gasteiger partial charge in [-0.3, -0.25) is 4.79 Å². The van der Waals surface area contributed by atoms with Crippen molar-refractivity contribution in [2.45, 2.75) is 0 Å². The maximum absolute atomic E-state index is 9.68. The summed E-state index contributed by atoms with van der Waals surface area (Å²) in [5.74, 6) is 0. The van der Waals surface area contributed by atoms with Gasteiger partial charge < -0.3 is 4.90 Å². The van der Waals surface area contributed by atoms with Crippen molar-refractivity contribution < 1.29 is 4.79 Å². The lowest BCUT2D eigenvalue weighted by atomic mass is 10.5. The molecule has 0 saturated heterocycles. The number of allylic oxidation sites excluding steroid dienone is 1. The summed E-state index contributed by atoms with van der Waals surface area (Å²) >= 11 is 0. The van der Waals surface area contributed by atoms with Gasteiger partial charge in [-0.25, -0.2) is 0 Å². The molecule has 0 atom stereocenters. The van der Waals surface area contributed by atoms with Gasteiger partial charge in [-0.1, -0.05) is 6.08 Å². The number of hydrogen-bond donors (Lipinski definition) is 0. The molecule has 0 spiro atoms. The predicted molar refractivity (Wildman–Crippen MR) is 33.8 cm³/mol. The molecule has 0 aliphatic rings. The van der Waals surface area contributed by atoms with Gasteiger partial charge in [0.15, 0.2) is 0 Å². The highest BCUT2D eigenvalue weighted by Crippen LogP contribution is 1.73. The van der Waals surface area contributed by atoms with Gasteiger partial charge in [-0.05, 0) is 20.2 Å². The molecular formula is C6H11NO. The molecule has 0 rings (SSSR count). The van der Waals surface area contributed by atoms with E-state index in [1.54, 1.807) is 0 Å². The Morgan fingerprint density at radius 2 is 2.12 bits per heavy atom. The summed E-state index contributed by atoms with van der Waals surface area (Å²) < 4.78 is 0. The van der Waals surface area contributed by atoms with E-state index in [9.17, 15) is 4.79 Å². The van der Waals surface area contributed by atoms with E-state index in [2.05, 4.69) is 0 Å². The van der Waals surface area contributed by atoms with Gasteiger partial charge in [0.1, 0.15) is 6.29 Å². The van der Waals surface area contributed by atoms with Gasteiger partial charge in [0, 0.05) is 6.54 Å². The normalized spacial score (nSPS) is 10.9. The Hall–Kier alpha value is -0.630. The zero-order valence-electron chi connectivity index (χ0n) is 5.29. The summed E-state index contributed by atoms with van der Waals surface area (Å²) in [5, 5.41) is 0. The van der Waals surface area contributed by atoms with Crippen molar-refractivity contribution >= 4 is 6.29 Å². The van der Waals surface area contributed by atoms with Gasteiger partial charge in [0.25, 0.3) is 0 Å². The average molecular weight is 113 g/mol. The first-order valence-corrected chi connectivity index (χ1v) is 2.52. The number of hydrogen-bond acceptors (Lipinski definition) is 2. The van der Waals surface area contributed by atoms with Crippen LogP contribution in [0, 0.1) is 0 Å². The molecule has 0 fully saturated rings. The molecule has 0 N–H and O–H groups in total. The number of aldehydes is 1. The van der Waals surface area contributed by atoms with Crippen LogP contribution >= 0.6 is 0 Å². The summed E-state index contributed by atoms with van der Waals surface area (Å²) in [6, 6.07) is 0. The monoisotopic (exact) mass is 113 g/mol. The van der Waals surface area contributed by atoms with Crippen LogP contribution in [0.1, 0.15) is 0 Å². The lowest BCUT2D eigenvalue weighted by Gasteiger charge is -2.01. The number of rotatable bonds is 3. The molecule has 8 heavy (non-hydrogen) atoms. The first kappa shape index (κ1) is 7.37. The molecule has 46 valence electrons. The highest BCUT2D eigenvalue weighted by molar-refractivity contribution is 5.64. The van der Waals surface area contributed by atoms with Gasteiger partial charge in [0.2, 0.25) is 0 Å². The summed E-state index contributed by atoms with van der Waals surface area (Å²) in [4.78, 5) is 11.7. The fraction of sp³-hybridized carbons (Fsp3) is 0.500. The standard InChI is InChI=1S/C6H11NO/c1-7(2)5-3-4-6-8/h3-4,6H,5H2,1-2H3. The second-order valence-corrected chi connectivity index (χ2v) is 1.83. The Balaban J connectivity index is 3.15. The largest absolute Gasteiger partial charge is 0.306 e. The van der Waals surface area contributed by atoms with Crippen LogP contribution in [-0.2, 0) is 4.79 Å². The van der Waals surface area contributed by atoms with Gasteiger partial charge in [-0.15, -0.1) is 0 Å². The Kier molecular flexibility index (Phi) is 4.17. The molecule has 0 aliphatic carbocycles. The van der Waals surface area contributed by atoms with E-state index < -0.39 is 0 Å². The van der Waals surface area contributed by atoms with Gasteiger partial charge in [0.05, 0.1) is 0 Å². The molecule has 0 aliphatic heterocycles. The first-order chi connectivity index (χ1) is 3.77. The number of nitrogens with zero attached hydrogens (tertiary/aromatic N) is 1. The van der Waals surface area contributed by atoms with Crippen molar-refractivity contribution in [3.05, 3.63) is 12.2 Å². The van der Waals surface area contributed by atoms with Crippen LogP contribution in [-0.4, -0.2) is 31.8 Å². The minimum atomic E-state index is 0.781. The molecule has 0 aromatic heterocycles. The molecular weight excluding hydrogens is 102 g/mol. The molecule has 2 nitrogen and oxygen atoms in total. The second-order valence-electron chi connectivity index (χ2n) is 1.83. The number of carbonyl (C=O) groups excluding carboxylic acids is 1. The van der Waals surface area contributed by atoms with Crippen molar-refractivity contribution in [2.75, 3.05) is 20.6 Å². The van der Waals surface area contributed by atoms with E-state index in [0.29, 0.717) is 0 Å². The van der Waals surface area contributed by atoms with Crippen molar-refractivity contribution in [1.82, 2.24) is 4.90 Å². The number of likely N-dealkylation sites (N-methyl/N-ethyl adjacent to an activating group) is 1. The van der Waals surface area contributed by atoms with Crippen LogP contribution < -0.4 is 0 Å². The van der Waals surface area contributed by atoms with E-state index in [4.69, 9.17) is 0 Å². The van der Waals surface area contributed by atoms with Crippen molar-refractivity contribution in [1.29, 1.82) is 0 Å². The Morgan fingerprint density at radius 3 is 2.50 bits per heavy atom. The van der Waals surface area contributed by atoms with Crippen LogP contribution in [0.15, 0.2) is 12.2 Å². The average Bonchev–Trinajstić information content (AvgIpc) is 1.66. The summed E-state index contributed by atoms with van der Waals surface area (Å²) in [5.41, 5.74) is 0. The van der Waals surface area contributed by atoms with Crippen LogP contribution in [0.5, 0.6) is 0 Å². The minimum Gasteiger partial charge on any atom is -0.306 e. The summed E-state index contributed by atoms with van der Waals surface area (Å²) in [6.45, 7) is 0.832. The highest BCUT2D eigenvalue weighted by atomic mass is 16.1. The fourth-order valence-corrected chi connectivity index (χ4v) is 0.327. The predicted octanol–water partition coefficient (Wildman–Crippen LogP) is 0.303. The quantitative estimate of drug-likeness (QED) is 0.387. The molecule has 0 radical (unpaired) electrons. The lowest BCUT2D eigenvalue weighted by molar-refractivity contribution is -0.104. The molecule has 2 heteroatoms. The SMILES string of the molecule is CN(C)CC=CC=O. The van der Waals surface area contributed by atoms with Gasteiger partial charge >= 0.3 is 0 Å². The molecule has 0 saturated carbocycles. The topological polar surface area (TPSA) is 20.3 Å². The van der Waals surface area contributed by atoms with Crippen molar-refractivity contribution in [2.24, 2.45) is 0 Å². The summed E-state index contributed by atoms with van der Waals surface area (Å²) in [7, 11) is 3.91. The van der Waals surface area contributed by atoms with Crippen LogP contribution in [0.3, 0.4) is 0 Å². The third-order valence-corrected chi connectivity index (χ3v) is 0.685. The summed E-state index contributed by atoms with van der Waals surface area (Å²) in [6.07, 6.45) is 4.09. The van der Waals surface area contributed by atoms with Gasteiger partial charge in [-0.2, -0.15) is 0 Å². The second kappa shape index (κ2) is 4.53. The first-order valence-electron chi connectivity index (χ1n) is 2.52. The smallest absolute Gasteiger partial charge is 0.142 e. The van der Waals surface area contributed by atoms with E-state index in [-0.39, 0.29) is 0 Å². The van der Waals surface area contributed by atoms with E-state index >= 15 is 0 Å². The maximum atomic E-state index is 9.68. The number of carbonyl (C=O) groups is 1. The zero-order chi connectivity index (χ0) is 6.41. The maximum Gasteiger partial charge on any atom is 0.142 e. The van der Waals surface area contributed by atoms with Crippen LogP contribution in [0.25, 0.3) is 0 Å². The molecule has 0 aromatic carbocycles. The molecule has 0 bridgehead atoms. The van der Waals surface area contributed by atoms with E-state index in [1.807, 2.05) is 25.1 Å². The molecule has 0 amide bonds. The molecule has 0 heterocycles. The highest BCUT2D eigenvalue weighted by Gasteiger charge is 1.78. The molecule has 0 unspecified atom stereocenters. The minimum absolute atomic E-state index is 0.781. The van der Waals surface area contributed by atoms with E-state index in [1.165, 1.54) is 6.08 Å². The Morgan fingerprint density at radius 1 is 1.50 bits per heavy atom. The van der Waals surface area contributed by atoms with E-state index in [0.717, 1.165) is 12.8 Å². The zero-order valence-corrected chi connectivity index (χ0v) is 5.29. The Bertz CT molecular complexity index is 86.5. The molecule has 0 aromatic rings. The fourth-order valence-electron chi connectivity index (χ4n) is 0.327. The van der Waals surface area contributed by atoms with Crippen molar-refractivity contribution in [3.63, 3.8) is 0 Å². The lowest BCUT2D eigenvalue weighted by Crippen LogP contribution is -2.10. The third kappa shape index (κ3) is 5.37. The third-order valence-electron chi connectivity index (χ3n) is 0.685.